The Kier molecular flexibility index (Phi) is 14.1. The first-order valence-corrected chi connectivity index (χ1v) is 22.0. The molecular formula is C40H70O7Si. The molecule has 276 valence electrons. The van der Waals surface area contributed by atoms with Crippen LogP contribution in [0.25, 0.3) is 0 Å². The van der Waals surface area contributed by atoms with Crippen molar-refractivity contribution in [3.8, 4) is 0 Å². The highest BCUT2D eigenvalue weighted by Gasteiger charge is 2.52. The first-order chi connectivity index (χ1) is 22.6. The van der Waals surface area contributed by atoms with E-state index in [0.29, 0.717) is 17.9 Å². The van der Waals surface area contributed by atoms with Crippen LogP contribution in [0.15, 0.2) is 24.3 Å². The van der Waals surface area contributed by atoms with Gasteiger partial charge < -0.3 is 28.1 Å². The summed E-state index contributed by atoms with van der Waals surface area (Å²) >= 11 is 0. The van der Waals surface area contributed by atoms with Crippen LogP contribution in [0.2, 0.25) is 18.1 Å². The number of ether oxygens (including phenoxy) is 5. The second-order valence-corrected chi connectivity index (χ2v) is 21.5. The van der Waals surface area contributed by atoms with Gasteiger partial charge in [0.25, 0.3) is 0 Å². The number of hydrogen-bond acceptors (Lipinski definition) is 7. The predicted molar refractivity (Wildman–Crippen MR) is 196 cm³/mol. The molecule has 4 heterocycles. The largest absolute Gasteiger partial charge is 0.463 e. The smallest absolute Gasteiger partial charge is 0.311 e. The SMILES string of the molecule is C=C1C[C@H](COC(=O)C(C)(C)C)OC1CC[C@H]1C[C@@H](C)C(=C)C(C[C@@H]2O[C@H]3C[C@@H](C)[C@@H](CCC)O[C@H]3[C@H](C)C2O[Si](CC)(CC)CC)O1. The zero-order valence-corrected chi connectivity index (χ0v) is 33.2. The third-order valence-electron chi connectivity index (χ3n) is 12.1. The first-order valence-electron chi connectivity index (χ1n) is 19.5. The van der Waals surface area contributed by atoms with E-state index in [4.69, 9.17) is 28.1 Å². The van der Waals surface area contributed by atoms with Crippen LogP contribution in [0.1, 0.15) is 121 Å². The van der Waals surface area contributed by atoms with Crippen molar-refractivity contribution in [3.63, 3.8) is 0 Å². The molecule has 0 amide bonds. The zero-order valence-electron chi connectivity index (χ0n) is 32.2. The maximum absolute atomic E-state index is 12.3. The lowest BCUT2D eigenvalue weighted by molar-refractivity contribution is -0.256. The summed E-state index contributed by atoms with van der Waals surface area (Å²) in [6.45, 7) is 30.9. The van der Waals surface area contributed by atoms with E-state index in [9.17, 15) is 4.79 Å². The Bertz CT molecular complexity index is 1070. The van der Waals surface area contributed by atoms with Crippen LogP contribution in [0.3, 0.4) is 0 Å². The van der Waals surface area contributed by atoms with E-state index in [2.05, 4.69) is 61.6 Å². The molecule has 12 atom stereocenters. The zero-order chi connectivity index (χ0) is 35.4. The van der Waals surface area contributed by atoms with Crippen molar-refractivity contribution in [2.45, 2.75) is 194 Å². The number of carbonyl (C=O) groups is 1. The molecule has 4 saturated heterocycles. The van der Waals surface area contributed by atoms with Crippen LogP contribution in [-0.4, -0.2) is 75.8 Å². The van der Waals surface area contributed by atoms with Gasteiger partial charge in [0.05, 0.1) is 60.4 Å². The number of fused-ring (bicyclic) bond motifs is 1. The molecule has 0 aromatic rings. The van der Waals surface area contributed by atoms with Gasteiger partial charge in [0.1, 0.15) is 6.61 Å². The van der Waals surface area contributed by atoms with E-state index in [1.165, 1.54) is 5.57 Å². The molecule has 3 unspecified atom stereocenters. The average Bonchev–Trinajstić information content (AvgIpc) is 3.40. The van der Waals surface area contributed by atoms with E-state index in [1.54, 1.807) is 0 Å². The Morgan fingerprint density at radius 3 is 2.15 bits per heavy atom. The third kappa shape index (κ3) is 9.44. The summed E-state index contributed by atoms with van der Waals surface area (Å²) in [6, 6.07) is 3.33. The Hall–Kier alpha value is -1.03. The highest BCUT2D eigenvalue weighted by atomic mass is 28.4. The van der Waals surface area contributed by atoms with Gasteiger partial charge in [0, 0.05) is 18.8 Å². The molecule has 0 aliphatic carbocycles. The van der Waals surface area contributed by atoms with E-state index < -0.39 is 13.7 Å². The van der Waals surface area contributed by atoms with Gasteiger partial charge in [-0.2, -0.15) is 0 Å². The van der Waals surface area contributed by atoms with Gasteiger partial charge >= 0.3 is 5.97 Å². The van der Waals surface area contributed by atoms with Crippen LogP contribution in [0, 0.1) is 23.2 Å². The summed E-state index contributed by atoms with van der Waals surface area (Å²) in [5.41, 5.74) is 1.73. The Balaban J connectivity index is 1.43. The summed E-state index contributed by atoms with van der Waals surface area (Å²) in [4.78, 5) is 12.3. The fraction of sp³-hybridized carbons (Fsp3) is 0.875. The minimum atomic E-state index is -1.91. The number of rotatable bonds is 14. The third-order valence-corrected chi connectivity index (χ3v) is 16.8. The van der Waals surface area contributed by atoms with E-state index >= 15 is 0 Å². The van der Waals surface area contributed by atoms with Crippen molar-refractivity contribution in [2.75, 3.05) is 6.61 Å². The predicted octanol–water partition coefficient (Wildman–Crippen LogP) is 9.20. The molecular weight excluding hydrogens is 621 g/mol. The second kappa shape index (κ2) is 17.0. The van der Waals surface area contributed by atoms with Crippen LogP contribution >= 0.6 is 0 Å². The molecule has 0 bridgehead atoms. The summed E-state index contributed by atoms with van der Waals surface area (Å²) < 4.78 is 40.0. The van der Waals surface area contributed by atoms with Gasteiger partial charge in [-0.1, -0.05) is 68.0 Å². The quantitative estimate of drug-likeness (QED) is 0.102. The van der Waals surface area contributed by atoms with Crippen molar-refractivity contribution < 1.29 is 32.9 Å². The molecule has 0 saturated carbocycles. The molecule has 8 heteroatoms. The van der Waals surface area contributed by atoms with Crippen LogP contribution < -0.4 is 0 Å². The Labute approximate surface area is 294 Å². The minimum Gasteiger partial charge on any atom is -0.463 e. The Morgan fingerprint density at radius 2 is 1.52 bits per heavy atom. The summed E-state index contributed by atoms with van der Waals surface area (Å²) in [5.74, 6) is 0.898. The Morgan fingerprint density at radius 1 is 0.854 bits per heavy atom. The summed E-state index contributed by atoms with van der Waals surface area (Å²) in [5, 5.41) is 0. The van der Waals surface area contributed by atoms with Crippen molar-refractivity contribution in [1.29, 1.82) is 0 Å². The number of esters is 1. The maximum atomic E-state index is 12.3. The van der Waals surface area contributed by atoms with Gasteiger partial charge in [-0.15, -0.1) is 0 Å². The molecule has 7 nitrogen and oxygen atoms in total. The van der Waals surface area contributed by atoms with E-state index in [1.807, 2.05) is 20.8 Å². The molecule has 4 aliphatic heterocycles. The van der Waals surface area contributed by atoms with Crippen LogP contribution in [0.4, 0.5) is 0 Å². The molecule has 0 N–H and O–H groups in total. The maximum Gasteiger partial charge on any atom is 0.311 e. The lowest BCUT2D eigenvalue weighted by Gasteiger charge is -2.53. The van der Waals surface area contributed by atoms with Gasteiger partial charge in [0.15, 0.2) is 8.32 Å². The highest BCUT2D eigenvalue weighted by Crippen LogP contribution is 2.44. The molecule has 4 aliphatic rings. The second-order valence-electron chi connectivity index (χ2n) is 16.8. The summed E-state index contributed by atoms with van der Waals surface area (Å²) in [7, 11) is -1.91. The van der Waals surface area contributed by atoms with Crippen LogP contribution in [0.5, 0.6) is 0 Å². The normalized spacial score (nSPS) is 37.8. The van der Waals surface area contributed by atoms with Gasteiger partial charge in [-0.25, -0.2) is 0 Å². The molecule has 0 radical (unpaired) electrons. The molecule has 0 spiro atoms. The molecule has 48 heavy (non-hydrogen) atoms. The van der Waals surface area contributed by atoms with Gasteiger partial charge in [0.2, 0.25) is 0 Å². The van der Waals surface area contributed by atoms with Crippen molar-refractivity contribution in [2.24, 2.45) is 23.2 Å². The van der Waals surface area contributed by atoms with Crippen molar-refractivity contribution in [3.05, 3.63) is 24.3 Å². The minimum absolute atomic E-state index is 0.0138. The molecule has 4 fully saturated rings. The van der Waals surface area contributed by atoms with E-state index in [-0.39, 0.29) is 67.3 Å². The lowest BCUT2D eigenvalue weighted by Crippen LogP contribution is -2.62. The van der Waals surface area contributed by atoms with Crippen LogP contribution in [-0.2, 0) is 32.9 Å². The monoisotopic (exact) mass is 690 g/mol. The number of hydrogen-bond donors (Lipinski definition) is 0. The fourth-order valence-corrected chi connectivity index (χ4v) is 11.5. The number of carbonyl (C=O) groups excluding carboxylic acids is 1. The highest BCUT2D eigenvalue weighted by molar-refractivity contribution is 6.73. The fourth-order valence-electron chi connectivity index (χ4n) is 8.53. The standard InChI is InChI=1S/C40H70O7Si/c1-13-17-32-27(7)22-35-37(46-32)29(9)38(47-48(14-2,15-3)16-4)36(45-35)23-34-28(8)25(5)20-30(43-34)18-19-33-26(6)21-31(44-33)24-42-39(41)40(10,11)12/h25,27,29-38H,6,8,13-24H2,1-5,7,9-12H3/t25-,27-,29+,30+,31-,32-,33?,34?,35+,36+,37+,38?/m1/s1. The molecule has 0 aromatic carbocycles. The van der Waals surface area contributed by atoms with Crippen molar-refractivity contribution in [1.82, 2.24) is 0 Å². The molecule has 4 rings (SSSR count). The first kappa shape index (κ1) is 39.7. The van der Waals surface area contributed by atoms with Crippen molar-refractivity contribution >= 4 is 14.3 Å². The topological polar surface area (TPSA) is 72.5 Å². The summed E-state index contributed by atoms with van der Waals surface area (Å²) in [6.07, 6.45) is 7.69. The lowest BCUT2D eigenvalue weighted by atomic mass is 9.78. The van der Waals surface area contributed by atoms with Gasteiger partial charge in [-0.05, 0) is 94.0 Å². The van der Waals surface area contributed by atoms with Gasteiger partial charge in [-0.3, -0.25) is 4.79 Å². The molecule has 0 aromatic heterocycles. The van der Waals surface area contributed by atoms with E-state index in [0.717, 1.165) is 75.1 Å². The average molecular weight is 691 g/mol.